The summed E-state index contributed by atoms with van der Waals surface area (Å²) in [6.07, 6.45) is 11.9. The van der Waals surface area contributed by atoms with Crippen LogP contribution in [0.4, 0.5) is 5.69 Å². The highest BCUT2D eigenvalue weighted by Crippen LogP contribution is 2.27. The molecule has 0 saturated heterocycles. The maximum absolute atomic E-state index is 12.8. The molecule has 1 aromatic rings. The van der Waals surface area contributed by atoms with E-state index in [0.29, 0.717) is 22.9 Å². The Balaban J connectivity index is 2.98. The topological polar surface area (TPSA) is 64.0 Å². The van der Waals surface area contributed by atoms with Gasteiger partial charge in [0.15, 0.2) is 11.5 Å². The molecule has 1 heterocycles. The number of Topliss-reactive ketones (excluding diaryl/α,β-unsaturated/α-hetero) is 1. The molecular weight excluding hydrogens is 430 g/mol. The van der Waals surface area contributed by atoms with E-state index in [0.717, 1.165) is 48.3 Å². The number of carbonyl (C=O) groups excluding carboxylic acids is 2. The van der Waals surface area contributed by atoms with Gasteiger partial charge in [0, 0.05) is 30.1 Å². The number of aromatic nitrogens is 2. The predicted octanol–water partition coefficient (Wildman–Crippen LogP) is 7.47. The third-order valence-corrected chi connectivity index (χ3v) is 5.97. The molecule has 0 aliphatic carbocycles. The number of allylic oxidation sites excluding steroid dienone is 5. The van der Waals surface area contributed by atoms with Crippen LogP contribution in [0.3, 0.4) is 0 Å². The lowest BCUT2D eigenvalue weighted by Crippen LogP contribution is -2.14. The summed E-state index contributed by atoms with van der Waals surface area (Å²) in [7, 11) is 0. The van der Waals surface area contributed by atoms with Crippen LogP contribution in [-0.2, 0) is 11.3 Å². The highest BCUT2D eigenvalue weighted by Gasteiger charge is 2.18. The molecule has 180 valence electrons. The second-order valence-corrected chi connectivity index (χ2v) is 9.45. The molecule has 0 radical (unpaired) electrons. The van der Waals surface area contributed by atoms with E-state index in [1.54, 1.807) is 29.3 Å². The van der Waals surface area contributed by atoms with Gasteiger partial charge in [-0.15, -0.1) is 0 Å². The van der Waals surface area contributed by atoms with E-state index in [2.05, 4.69) is 37.4 Å². The monoisotopic (exact) mass is 469 g/mol. The van der Waals surface area contributed by atoms with Crippen molar-refractivity contribution in [3.05, 3.63) is 70.3 Å². The fourth-order valence-electron chi connectivity index (χ4n) is 3.44. The molecular formula is C27H39N3O2S. The Morgan fingerprint density at radius 1 is 1.18 bits per heavy atom. The van der Waals surface area contributed by atoms with Crippen molar-refractivity contribution in [3.63, 3.8) is 0 Å². The van der Waals surface area contributed by atoms with Crippen LogP contribution >= 0.6 is 11.8 Å². The Hall–Kier alpha value is -2.60. The molecule has 0 aliphatic rings. The Morgan fingerprint density at radius 3 is 2.33 bits per heavy atom. The minimum absolute atomic E-state index is 0.170. The van der Waals surface area contributed by atoms with Gasteiger partial charge in [0.1, 0.15) is 0 Å². The van der Waals surface area contributed by atoms with Gasteiger partial charge in [0.25, 0.3) is 5.91 Å². The minimum atomic E-state index is -0.271. The molecule has 5 nitrogen and oxygen atoms in total. The maximum Gasteiger partial charge on any atom is 0.251 e. The zero-order chi connectivity index (χ0) is 25.0. The summed E-state index contributed by atoms with van der Waals surface area (Å²) >= 11 is 1.38. The molecule has 0 aromatic carbocycles. The molecule has 0 bridgehead atoms. The normalized spacial score (nSPS) is 12.0. The average Bonchev–Trinajstić information content (AvgIpc) is 3.13. The van der Waals surface area contributed by atoms with Gasteiger partial charge in [-0.3, -0.25) is 14.3 Å². The van der Waals surface area contributed by atoms with Crippen molar-refractivity contribution >= 4 is 29.1 Å². The molecule has 0 fully saturated rings. The number of carbonyl (C=O) groups is 2. The molecule has 1 N–H and O–H groups in total. The van der Waals surface area contributed by atoms with Gasteiger partial charge in [0.05, 0.1) is 5.69 Å². The van der Waals surface area contributed by atoms with Crippen LogP contribution in [0.25, 0.3) is 0 Å². The highest BCUT2D eigenvalue weighted by molar-refractivity contribution is 8.06. The van der Waals surface area contributed by atoms with Crippen LogP contribution in [0.1, 0.15) is 77.7 Å². The lowest BCUT2D eigenvalue weighted by Gasteiger charge is -2.14. The maximum atomic E-state index is 12.8. The van der Waals surface area contributed by atoms with Crippen molar-refractivity contribution in [2.45, 2.75) is 73.8 Å². The number of nitrogens with zero attached hydrogens (tertiary/aromatic N) is 2. The molecule has 0 unspecified atom stereocenters. The number of ketones is 1. The average molecular weight is 470 g/mol. The summed E-state index contributed by atoms with van der Waals surface area (Å²) in [4.78, 5) is 25.7. The molecule has 6 heteroatoms. The van der Waals surface area contributed by atoms with Crippen LogP contribution in [0.2, 0.25) is 0 Å². The second kappa shape index (κ2) is 14.5. The Labute approximate surface area is 203 Å². The number of rotatable bonds is 14. The Kier molecular flexibility index (Phi) is 12.5. The highest BCUT2D eigenvalue weighted by atomic mass is 32.2. The number of nitrogens with one attached hydrogen (secondary N) is 1. The number of anilines is 1. The van der Waals surface area contributed by atoms with E-state index in [-0.39, 0.29) is 11.7 Å². The quantitative estimate of drug-likeness (QED) is 0.174. The van der Waals surface area contributed by atoms with E-state index in [4.69, 9.17) is 0 Å². The third-order valence-electron chi connectivity index (χ3n) is 4.98. The van der Waals surface area contributed by atoms with Gasteiger partial charge in [-0.25, -0.2) is 0 Å². The molecule has 0 spiro atoms. The van der Waals surface area contributed by atoms with Crippen molar-refractivity contribution < 1.29 is 9.59 Å². The summed E-state index contributed by atoms with van der Waals surface area (Å²) in [5, 5.41) is 9.09. The van der Waals surface area contributed by atoms with E-state index in [1.165, 1.54) is 18.7 Å². The number of thioether (sulfide) groups is 1. The van der Waals surface area contributed by atoms with Crippen LogP contribution in [0.5, 0.6) is 0 Å². The van der Waals surface area contributed by atoms with Gasteiger partial charge in [-0.05, 0) is 50.5 Å². The van der Waals surface area contributed by atoms with Crippen LogP contribution < -0.4 is 5.32 Å². The molecule has 1 amide bonds. The van der Waals surface area contributed by atoms with Crippen LogP contribution in [-0.4, -0.2) is 21.5 Å². The SMILES string of the molecule is C=C/C=C(\C=C(C)C)C(=C)S/C=C(\C)C(=O)Nc1cn(CC(CCC)CCC)nc1C(C)=O. The van der Waals surface area contributed by atoms with Crippen molar-refractivity contribution in [2.75, 3.05) is 5.32 Å². The number of amides is 1. The van der Waals surface area contributed by atoms with Gasteiger partial charge in [0.2, 0.25) is 0 Å². The molecule has 1 rings (SSSR count). The Bertz CT molecular complexity index is 941. The van der Waals surface area contributed by atoms with Gasteiger partial charge in [-0.1, -0.05) is 75.4 Å². The summed E-state index contributed by atoms with van der Waals surface area (Å²) in [6.45, 7) is 20.2. The molecule has 0 saturated carbocycles. The number of hydrogen-bond donors (Lipinski definition) is 1. The zero-order valence-electron chi connectivity index (χ0n) is 21.0. The fraction of sp³-hybridized carbons (Fsp3) is 0.444. The molecule has 1 aromatic heterocycles. The first-order valence-corrected chi connectivity index (χ1v) is 12.4. The molecule has 0 aliphatic heterocycles. The second-order valence-electron chi connectivity index (χ2n) is 8.49. The van der Waals surface area contributed by atoms with Gasteiger partial charge in [-0.2, -0.15) is 5.10 Å². The van der Waals surface area contributed by atoms with Crippen molar-refractivity contribution in [1.29, 1.82) is 0 Å². The van der Waals surface area contributed by atoms with E-state index in [9.17, 15) is 9.59 Å². The van der Waals surface area contributed by atoms with Crippen LogP contribution in [0.15, 0.2) is 64.6 Å². The molecule has 33 heavy (non-hydrogen) atoms. The third kappa shape index (κ3) is 9.82. The smallest absolute Gasteiger partial charge is 0.251 e. The van der Waals surface area contributed by atoms with E-state index in [1.807, 2.05) is 26.0 Å². The summed E-state index contributed by atoms with van der Waals surface area (Å²) in [5.74, 6) is 0.0651. The minimum Gasteiger partial charge on any atom is -0.319 e. The summed E-state index contributed by atoms with van der Waals surface area (Å²) in [5.41, 5.74) is 3.37. The van der Waals surface area contributed by atoms with Crippen molar-refractivity contribution in [3.8, 4) is 0 Å². The first kappa shape index (κ1) is 28.4. The van der Waals surface area contributed by atoms with Crippen molar-refractivity contribution in [2.24, 2.45) is 5.92 Å². The predicted molar refractivity (Wildman–Crippen MR) is 142 cm³/mol. The van der Waals surface area contributed by atoms with E-state index >= 15 is 0 Å². The summed E-state index contributed by atoms with van der Waals surface area (Å²) in [6, 6.07) is 0. The first-order valence-electron chi connectivity index (χ1n) is 11.5. The number of hydrogen-bond acceptors (Lipinski definition) is 4. The lowest BCUT2D eigenvalue weighted by atomic mass is 9.98. The largest absolute Gasteiger partial charge is 0.319 e. The Morgan fingerprint density at radius 2 is 1.82 bits per heavy atom. The van der Waals surface area contributed by atoms with Crippen LogP contribution in [0, 0.1) is 5.92 Å². The fourth-order valence-corrected chi connectivity index (χ4v) is 4.12. The lowest BCUT2D eigenvalue weighted by molar-refractivity contribution is -0.112. The summed E-state index contributed by atoms with van der Waals surface area (Å²) < 4.78 is 1.80. The van der Waals surface area contributed by atoms with Gasteiger partial charge >= 0.3 is 0 Å². The van der Waals surface area contributed by atoms with Gasteiger partial charge < -0.3 is 5.32 Å². The van der Waals surface area contributed by atoms with E-state index < -0.39 is 0 Å². The zero-order valence-corrected chi connectivity index (χ0v) is 21.8. The molecule has 0 atom stereocenters. The first-order chi connectivity index (χ1) is 15.6. The standard InChI is InChI=1S/C27H39N3O2S/c1-9-12-23(13-10-2)16-30-17-25(26(29-30)21(7)31)28-27(32)20(6)18-33-22(8)24(14-11-3)15-19(4)5/h11,14-15,17-18,23H,3,8-10,12-13,16H2,1-2,4-7H3,(H,28,32)/b20-18+,24-14+. The van der Waals surface area contributed by atoms with Crippen molar-refractivity contribution in [1.82, 2.24) is 9.78 Å².